The van der Waals surface area contributed by atoms with Crippen LogP contribution in [0.3, 0.4) is 0 Å². The van der Waals surface area contributed by atoms with Crippen molar-refractivity contribution in [2.45, 2.75) is 24.0 Å². The number of thioether (sulfide) groups is 1. The normalized spacial score (nSPS) is 15.9. The van der Waals surface area contributed by atoms with Gasteiger partial charge in [-0.2, -0.15) is 0 Å². The van der Waals surface area contributed by atoms with Crippen molar-refractivity contribution >= 4 is 17.7 Å². The maximum atomic E-state index is 12.6. The van der Waals surface area contributed by atoms with Gasteiger partial charge in [0.1, 0.15) is 18.1 Å². The van der Waals surface area contributed by atoms with Gasteiger partial charge in [-0.15, -0.1) is 11.8 Å². The van der Waals surface area contributed by atoms with Crippen molar-refractivity contribution in [3.05, 3.63) is 83.8 Å². The minimum atomic E-state index is -0.192. The van der Waals surface area contributed by atoms with E-state index in [1.165, 1.54) is 10.5 Å². The largest absolute Gasteiger partial charge is 0.486 e. The number of hydrogen-bond donors (Lipinski definition) is 1. The molecule has 0 fully saturated rings. The molecule has 3 aromatic rings. The number of rotatable bonds is 5. The first-order valence-electron chi connectivity index (χ1n) is 8.59. The third-order valence-electron chi connectivity index (χ3n) is 4.27. The molecule has 1 unspecified atom stereocenters. The zero-order valence-corrected chi connectivity index (χ0v) is 15.0. The van der Waals surface area contributed by atoms with Crippen molar-refractivity contribution in [3.8, 4) is 5.75 Å². The van der Waals surface area contributed by atoms with E-state index in [0.717, 1.165) is 17.9 Å². The number of amides is 1. The van der Waals surface area contributed by atoms with Crippen LogP contribution < -0.4 is 10.1 Å². The van der Waals surface area contributed by atoms with Crippen LogP contribution in [0.15, 0.2) is 76.0 Å². The molecule has 1 aliphatic rings. The Kier molecular flexibility index (Phi) is 4.97. The first kappa shape index (κ1) is 16.8. The van der Waals surface area contributed by atoms with Crippen LogP contribution >= 0.6 is 11.8 Å². The number of nitrogens with one attached hydrogen (secondary N) is 1. The average molecular weight is 365 g/mol. The number of carbonyl (C=O) groups excluding carboxylic acids is 1. The quantitative estimate of drug-likeness (QED) is 0.704. The second-order valence-electron chi connectivity index (χ2n) is 6.07. The van der Waals surface area contributed by atoms with E-state index in [9.17, 15) is 4.79 Å². The van der Waals surface area contributed by atoms with Crippen LogP contribution in [0, 0.1) is 0 Å². The molecule has 0 saturated heterocycles. The van der Waals surface area contributed by atoms with Gasteiger partial charge >= 0.3 is 0 Å². The van der Waals surface area contributed by atoms with Crippen LogP contribution in [0.25, 0.3) is 0 Å². The first-order valence-corrected chi connectivity index (χ1v) is 9.57. The maximum Gasteiger partial charge on any atom is 0.287 e. The zero-order valence-electron chi connectivity index (χ0n) is 14.2. The number of fused-ring (bicyclic) bond motifs is 1. The van der Waals surface area contributed by atoms with E-state index in [2.05, 4.69) is 17.4 Å². The first-order chi connectivity index (χ1) is 12.8. The van der Waals surface area contributed by atoms with E-state index in [0.29, 0.717) is 18.1 Å². The molecule has 1 aliphatic heterocycles. The predicted octanol–water partition coefficient (Wildman–Crippen LogP) is 4.83. The summed E-state index contributed by atoms with van der Waals surface area (Å²) in [6.45, 7) is 0.292. The Balaban J connectivity index is 1.39. The highest BCUT2D eigenvalue weighted by Crippen LogP contribution is 2.35. The van der Waals surface area contributed by atoms with Crippen molar-refractivity contribution in [1.82, 2.24) is 5.32 Å². The Morgan fingerprint density at radius 1 is 1.08 bits per heavy atom. The molecule has 4 nitrogen and oxygen atoms in total. The molecule has 2 aromatic carbocycles. The number of ether oxygens (including phenoxy) is 1. The van der Waals surface area contributed by atoms with Crippen LogP contribution in [0.4, 0.5) is 0 Å². The summed E-state index contributed by atoms with van der Waals surface area (Å²) in [5.41, 5.74) is 1.18. The minimum Gasteiger partial charge on any atom is -0.486 e. The smallest absolute Gasteiger partial charge is 0.287 e. The summed E-state index contributed by atoms with van der Waals surface area (Å²) in [4.78, 5) is 13.8. The summed E-state index contributed by atoms with van der Waals surface area (Å²) >= 11 is 1.83. The minimum absolute atomic E-state index is 0.0223. The molecule has 0 saturated carbocycles. The summed E-state index contributed by atoms with van der Waals surface area (Å²) in [6, 6.07) is 21.2. The fourth-order valence-electron chi connectivity index (χ4n) is 2.97. The van der Waals surface area contributed by atoms with E-state index >= 15 is 0 Å². The number of para-hydroxylation sites is 1. The Hall–Kier alpha value is -2.66. The Labute approximate surface area is 156 Å². The molecule has 5 heteroatoms. The third-order valence-corrected chi connectivity index (χ3v) is 5.40. The molecule has 0 radical (unpaired) electrons. The Morgan fingerprint density at radius 3 is 2.77 bits per heavy atom. The van der Waals surface area contributed by atoms with E-state index in [1.54, 1.807) is 12.1 Å². The molecule has 2 heterocycles. The van der Waals surface area contributed by atoms with Gasteiger partial charge in [0.2, 0.25) is 0 Å². The molecular weight excluding hydrogens is 346 g/mol. The monoisotopic (exact) mass is 365 g/mol. The summed E-state index contributed by atoms with van der Waals surface area (Å²) in [5, 5.41) is 3.09. The molecule has 0 aliphatic carbocycles. The molecule has 1 atom stereocenters. The van der Waals surface area contributed by atoms with Crippen LogP contribution in [0.2, 0.25) is 0 Å². The standard InChI is InChI=1S/C21H19NO3S/c23-21(22-18-12-13-26-20-9-5-4-8-17(18)20)19-11-10-16(25-19)14-24-15-6-2-1-3-7-15/h1-11,18H,12-14H2,(H,22,23). The number of benzene rings is 2. The van der Waals surface area contributed by atoms with Crippen molar-refractivity contribution in [1.29, 1.82) is 0 Å². The molecule has 0 spiro atoms. The number of furan rings is 1. The fraction of sp³-hybridized carbons (Fsp3) is 0.190. The lowest BCUT2D eigenvalue weighted by atomic mass is 10.0. The predicted molar refractivity (Wildman–Crippen MR) is 101 cm³/mol. The lowest BCUT2D eigenvalue weighted by molar-refractivity contribution is 0.0902. The lowest BCUT2D eigenvalue weighted by Crippen LogP contribution is -2.30. The Bertz CT molecular complexity index is 891. The van der Waals surface area contributed by atoms with Crippen molar-refractivity contribution in [2.24, 2.45) is 0 Å². The van der Waals surface area contributed by atoms with E-state index in [1.807, 2.05) is 54.2 Å². The van der Waals surface area contributed by atoms with Crippen LogP contribution in [-0.2, 0) is 6.61 Å². The summed E-state index contributed by atoms with van der Waals surface area (Å²) in [6.07, 6.45) is 0.915. The maximum absolute atomic E-state index is 12.6. The van der Waals surface area contributed by atoms with Gasteiger partial charge in [-0.25, -0.2) is 0 Å². The molecule has 1 N–H and O–H groups in total. The highest BCUT2D eigenvalue weighted by Gasteiger charge is 2.23. The second-order valence-corrected chi connectivity index (χ2v) is 7.21. The van der Waals surface area contributed by atoms with Gasteiger partial charge in [0.05, 0.1) is 6.04 Å². The van der Waals surface area contributed by atoms with Crippen molar-refractivity contribution in [2.75, 3.05) is 5.75 Å². The van der Waals surface area contributed by atoms with Crippen molar-refractivity contribution in [3.63, 3.8) is 0 Å². The average Bonchev–Trinajstić information content (AvgIpc) is 3.17. The number of hydrogen-bond acceptors (Lipinski definition) is 4. The lowest BCUT2D eigenvalue weighted by Gasteiger charge is -2.25. The van der Waals surface area contributed by atoms with Crippen molar-refractivity contribution < 1.29 is 13.9 Å². The van der Waals surface area contributed by atoms with Gasteiger partial charge in [0, 0.05) is 10.6 Å². The zero-order chi connectivity index (χ0) is 17.8. The van der Waals surface area contributed by atoms with Crippen LogP contribution in [-0.4, -0.2) is 11.7 Å². The fourth-order valence-corrected chi connectivity index (χ4v) is 4.10. The molecule has 1 amide bonds. The second kappa shape index (κ2) is 7.70. The summed E-state index contributed by atoms with van der Waals surface area (Å²) in [5.74, 6) is 2.51. The summed E-state index contributed by atoms with van der Waals surface area (Å²) in [7, 11) is 0. The van der Waals surface area contributed by atoms with Gasteiger partial charge in [-0.1, -0.05) is 36.4 Å². The van der Waals surface area contributed by atoms with Gasteiger partial charge in [-0.05, 0) is 42.3 Å². The summed E-state index contributed by atoms with van der Waals surface area (Å²) < 4.78 is 11.3. The van der Waals surface area contributed by atoms with Crippen LogP contribution in [0.1, 0.15) is 34.3 Å². The highest BCUT2D eigenvalue weighted by atomic mass is 32.2. The van der Waals surface area contributed by atoms with Gasteiger partial charge < -0.3 is 14.5 Å². The van der Waals surface area contributed by atoms with E-state index in [-0.39, 0.29) is 11.9 Å². The molecule has 132 valence electrons. The van der Waals surface area contributed by atoms with Gasteiger partial charge in [0.25, 0.3) is 5.91 Å². The highest BCUT2D eigenvalue weighted by molar-refractivity contribution is 7.99. The Morgan fingerprint density at radius 2 is 1.88 bits per heavy atom. The molecular formula is C21H19NO3S. The van der Waals surface area contributed by atoms with Gasteiger partial charge in [0.15, 0.2) is 5.76 Å². The molecule has 0 bridgehead atoms. The molecule has 1 aromatic heterocycles. The van der Waals surface area contributed by atoms with Crippen LogP contribution in [0.5, 0.6) is 5.75 Å². The topological polar surface area (TPSA) is 51.5 Å². The van der Waals surface area contributed by atoms with E-state index < -0.39 is 0 Å². The molecule has 26 heavy (non-hydrogen) atoms. The van der Waals surface area contributed by atoms with Gasteiger partial charge in [-0.3, -0.25) is 4.79 Å². The third kappa shape index (κ3) is 3.78. The number of carbonyl (C=O) groups is 1. The van der Waals surface area contributed by atoms with E-state index in [4.69, 9.17) is 9.15 Å². The SMILES string of the molecule is O=C(NC1CCSc2ccccc21)c1ccc(COc2ccccc2)o1. The molecule has 4 rings (SSSR count).